The van der Waals surface area contributed by atoms with Crippen LogP contribution in [0.15, 0.2) is 102 Å². The Morgan fingerprint density at radius 2 is 0.879 bits per heavy atom. The van der Waals surface area contributed by atoms with Crippen molar-refractivity contribution < 1.29 is 27.9 Å². The Morgan fingerprint density at radius 1 is 0.483 bits per heavy atom. The number of benzene rings is 2. The van der Waals surface area contributed by atoms with Crippen molar-refractivity contribution in [1.29, 1.82) is 0 Å². The van der Waals surface area contributed by atoms with Crippen LogP contribution < -0.4 is 5.46 Å². The lowest BCUT2D eigenvalue weighted by atomic mass is 9.49. The van der Waals surface area contributed by atoms with E-state index in [0.717, 1.165) is 43.4 Å². The Morgan fingerprint density at radius 3 is 1.29 bits per heavy atom. The number of aromatic nitrogens is 6. The molecule has 0 N–H and O–H groups in total. The molecule has 6 aromatic rings. The average molecular weight is 849 g/mol. The zero-order chi connectivity index (χ0) is 41.9. The molecule has 0 atom stereocenters. The molecule has 0 radical (unpaired) electrons. The van der Waals surface area contributed by atoms with Gasteiger partial charge in [0.05, 0.1) is 57.0 Å². The van der Waals surface area contributed by atoms with E-state index >= 15 is 0 Å². The van der Waals surface area contributed by atoms with Gasteiger partial charge in [-0.05, 0) is 131 Å². The summed E-state index contributed by atoms with van der Waals surface area (Å²) in [5, 5.41) is 11.0. The van der Waals surface area contributed by atoms with Gasteiger partial charge in [-0.2, -0.15) is 10.2 Å². The van der Waals surface area contributed by atoms with Gasteiger partial charge in [-0.15, -0.1) is 0 Å². The number of hydrogen-bond donors (Lipinski definition) is 0. The van der Waals surface area contributed by atoms with Gasteiger partial charge >= 0.3 is 21.1 Å². The predicted molar refractivity (Wildman–Crippen MR) is 233 cm³/mol. The van der Waals surface area contributed by atoms with Crippen molar-refractivity contribution >= 4 is 64.3 Å². The molecular formula is C42H52B3BrN6O6. The van der Waals surface area contributed by atoms with Crippen LogP contribution in [0, 0.1) is 0 Å². The molecule has 3 aliphatic rings. The third kappa shape index (κ3) is 8.17. The van der Waals surface area contributed by atoms with E-state index in [1.807, 2.05) is 144 Å². The first kappa shape index (κ1) is 42.2. The SMILES string of the molecule is Brc1ccc2cnn(-c3ccccn3)c2c1.CC1(C)OB(B2OC(C)(C)C(C)(C)O2)OC1(C)C.CC1(C)OB(c2ccc3cnn(-c4ccccn4)c3c2)OC1(C)C. The Balaban J connectivity index is 0.000000136. The van der Waals surface area contributed by atoms with Crippen molar-refractivity contribution in [1.82, 2.24) is 29.5 Å². The Bertz CT molecular complexity index is 2310. The number of hydrogen-bond acceptors (Lipinski definition) is 10. The first-order chi connectivity index (χ1) is 27.1. The molecule has 3 saturated heterocycles. The van der Waals surface area contributed by atoms with Crippen LogP contribution in [-0.2, 0) is 27.9 Å². The summed E-state index contributed by atoms with van der Waals surface area (Å²) in [7, 11) is -1.33. The Hall–Kier alpha value is -3.89. The molecule has 0 unspecified atom stereocenters. The number of halogens is 1. The van der Waals surface area contributed by atoms with E-state index in [0.29, 0.717) is 0 Å². The number of nitrogens with zero attached hydrogens (tertiary/aromatic N) is 6. The lowest BCUT2D eigenvalue weighted by Crippen LogP contribution is -2.41. The van der Waals surface area contributed by atoms with Crippen LogP contribution in [0.25, 0.3) is 33.4 Å². The van der Waals surface area contributed by atoms with Crippen molar-refractivity contribution in [3.05, 3.63) is 102 Å². The van der Waals surface area contributed by atoms with Crippen LogP contribution in [0.3, 0.4) is 0 Å². The van der Waals surface area contributed by atoms with E-state index in [-0.39, 0.29) is 40.7 Å². The number of pyridine rings is 2. The predicted octanol–water partition coefficient (Wildman–Crippen LogP) is 8.15. The van der Waals surface area contributed by atoms with Gasteiger partial charge in [0, 0.05) is 27.6 Å². The molecule has 302 valence electrons. The first-order valence-corrected chi connectivity index (χ1v) is 20.4. The van der Waals surface area contributed by atoms with Gasteiger partial charge in [0.25, 0.3) is 0 Å². The highest BCUT2D eigenvalue weighted by molar-refractivity contribution is 9.10. The second-order valence-corrected chi connectivity index (χ2v) is 18.8. The van der Waals surface area contributed by atoms with Gasteiger partial charge in [0.2, 0.25) is 0 Å². The molecule has 3 fully saturated rings. The van der Waals surface area contributed by atoms with Gasteiger partial charge in [-0.3, -0.25) is 0 Å². The molecule has 4 aromatic heterocycles. The molecule has 58 heavy (non-hydrogen) atoms. The molecule has 0 amide bonds. The van der Waals surface area contributed by atoms with Crippen LogP contribution in [-0.4, -0.2) is 84.3 Å². The fourth-order valence-electron chi connectivity index (χ4n) is 6.48. The van der Waals surface area contributed by atoms with Crippen molar-refractivity contribution in [2.45, 2.75) is 117 Å². The number of rotatable bonds is 4. The molecular weight excluding hydrogens is 797 g/mol. The van der Waals surface area contributed by atoms with E-state index in [2.05, 4.69) is 69.9 Å². The van der Waals surface area contributed by atoms with Gasteiger partial charge < -0.3 is 27.9 Å². The molecule has 7 heterocycles. The van der Waals surface area contributed by atoms with Crippen LogP contribution in [0.2, 0.25) is 0 Å². The van der Waals surface area contributed by atoms with Crippen molar-refractivity contribution in [3.63, 3.8) is 0 Å². The molecule has 3 aliphatic heterocycles. The summed E-state index contributed by atoms with van der Waals surface area (Å²) in [6, 6.07) is 23.8. The number of fused-ring (bicyclic) bond motifs is 2. The lowest BCUT2D eigenvalue weighted by Gasteiger charge is -2.32. The quantitative estimate of drug-likeness (QED) is 0.161. The van der Waals surface area contributed by atoms with Crippen molar-refractivity contribution in [2.75, 3.05) is 0 Å². The first-order valence-electron chi connectivity index (χ1n) is 19.6. The van der Waals surface area contributed by atoms with Crippen LogP contribution in [0.1, 0.15) is 83.1 Å². The summed E-state index contributed by atoms with van der Waals surface area (Å²) in [5.41, 5.74) is 0.875. The zero-order valence-electron chi connectivity index (χ0n) is 35.5. The van der Waals surface area contributed by atoms with E-state index in [4.69, 9.17) is 27.9 Å². The minimum Gasteiger partial charge on any atom is -0.405 e. The molecule has 12 nitrogen and oxygen atoms in total. The van der Waals surface area contributed by atoms with Gasteiger partial charge in [0.15, 0.2) is 11.6 Å². The molecule has 2 aromatic carbocycles. The molecule has 0 saturated carbocycles. The maximum atomic E-state index is 6.15. The minimum atomic E-state index is -0.476. The van der Waals surface area contributed by atoms with Crippen molar-refractivity contribution in [3.8, 4) is 11.6 Å². The lowest BCUT2D eigenvalue weighted by molar-refractivity contribution is 0.00578. The fourth-order valence-corrected chi connectivity index (χ4v) is 6.82. The fraction of sp³-hybridized carbons (Fsp3) is 0.429. The highest BCUT2D eigenvalue weighted by atomic mass is 79.9. The average Bonchev–Trinajstić information content (AvgIpc) is 3.92. The van der Waals surface area contributed by atoms with Gasteiger partial charge in [-0.1, -0.05) is 46.3 Å². The summed E-state index contributed by atoms with van der Waals surface area (Å²) in [4.78, 5) is 8.67. The van der Waals surface area contributed by atoms with E-state index in [1.54, 1.807) is 12.4 Å². The topological polar surface area (TPSA) is 117 Å². The smallest absolute Gasteiger partial charge is 0.405 e. The van der Waals surface area contributed by atoms with Crippen LogP contribution in [0.5, 0.6) is 0 Å². The molecule has 0 aliphatic carbocycles. The van der Waals surface area contributed by atoms with Crippen molar-refractivity contribution in [2.24, 2.45) is 0 Å². The second-order valence-electron chi connectivity index (χ2n) is 17.8. The third-order valence-corrected chi connectivity index (χ3v) is 12.6. The maximum Gasteiger partial charge on any atom is 0.494 e. The Labute approximate surface area is 350 Å². The monoisotopic (exact) mass is 848 g/mol. The van der Waals surface area contributed by atoms with E-state index in [9.17, 15) is 0 Å². The second kappa shape index (κ2) is 15.3. The molecule has 0 bridgehead atoms. The zero-order valence-corrected chi connectivity index (χ0v) is 37.1. The summed E-state index contributed by atoms with van der Waals surface area (Å²) < 4.78 is 40.9. The molecule has 16 heteroatoms. The highest BCUT2D eigenvalue weighted by Gasteiger charge is 2.63. The van der Waals surface area contributed by atoms with Gasteiger partial charge in [0.1, 0.15) is 0 Å². The largest absolute Gasteiger partial charge is 0.494 e. The van der Waals surface area contributed by atoms with E-state index in [1.165, 1.54) is 0 Å². The van der Waals surface area contributed by atoms with Crippen LogP contribution >= 0.6 is 15.9 Å². The normalized spacial score (nSPS) is 20.8. The molecule has 9 rings (SSSR count). The van der Waals surface area contributed by atoms with Crippen LogP contribution in [0.4, 0.5) is 0 Å². The summed E-state index contributed by atoms with van der Waals surface area (Å²) in [6.07, 6.45) is 7.22. The maximum absolute atomic E-state index is 6.15. The molecule has 0 spiro atoms. The van der Waals surface area contributed by atoms with E-state index < -0.39 is 14.0 Å². The summed E-state index contributed by atoms with van der Waals surface area (Å²) in [6.45, 7) is 24.4. The standard InChI is InChI=1S/C18H20BN3O2.C12H24B2O4.C12H8BrN3/c1-17(2)18(3,4)24-19(23-17)14-9-8-13-12-21-22(15(13)11-14)16-7-5-6-10-20-16;1-9(2)10(3,4)16-13(15-9)14-17-11(5,6)12(7,8)18-14;13-10-5-4-9-8-15-16(11(9)7-10)12-3-1-2-6-14-12/h5-12H,1-4H3;1-8H3;1-8H. The van der Waals surface area contributed by atoms with Gasteiger partial charge in [-0.25, -0.2) is 19.3 Å². The Kier molecular flexibility index (Phi) is 11.1. The highest BCUT2D eigenvalue weighted by Crippen LogP contribution is 2.43. The summed E-state index contributed by atoms with van der Waals surface area (Å²) >= 11 is 3.46. The third-order valence-electron chi connectivity index (χ3n) is 12.2. The summed E-state index contributed by atoms with van der Waals surface area (Å²) in [5.74, 6) is 1.62. The minimum absolute atomic E-state index is 0.353.